The van der Waals surface area contributed by atoms with E-state index < -0.39 is 0 Å². The van der Waals surface area contributed by atoms with Crippen LogP contribution in [0.5, 0.6) is 0 Å². The van der Waals surface area contributed by atoms with Crippen LogP contribution >= 0.6 is 11.8 Å². The molecule has 1 aromatic rings. The molecular weight excluding hydrogens is 190 g/mol. The average molecular weight is 205 g/mol. The fourth-order valence-electron chi connectivity index (χ4n) is 2.09. The Kier molecular flexibility index (Phi) is 1.89. The van der Waals surface area contributed by atoms with Gasteiger partial charge in [-0.3, -0.25) is 0 Å². The molecule has 74 valence electrons. The lowest BCUT2D eigenvalue weighted by Gasteiger charge is -2.09. The Bertz CT molecular complexity index is 369. The molecule has 0 aromatic heterocycles. The molecule has 0 spiro atoms. The van der Waals surface area contributed by atoms with Gasteiger partial charge in [0.1, 0.15) is 0 Å². The Balaban J connectivity index is 1.85. The Morgan fingerprint density at radius 2 is 2.21 bits per heavy atom. The summed E-state index contributed by atoms with van der Waals surface area (Å²) >= 11 is 1.98. The first-order valence-electron chi connectivity index (χ1n) is 5.29. The molecule has 0 unspecified atom stereocenters. The van der Waals surface area contributed by atoms with Crippen molar-refractivity contribution in [3.63, 3.8) is 0 Å². The first-order chi connectivity index (χ1) is 6.75. The molecule has 2 N–H and O–H groups in total. The van der Waals surface area contributed by atoms with E-state index in [4.69, 9.17) is 5.73 Å². The molecule has 1 fully saturated rings. The van der Waals surface area contributed by atoms with Crippen molar-refractivity contribution in [2.45, 2.75) is 36.1 Å². The Labute approximate surface area is 89.1 Å². The van der Waals surface area contributed by atoms with Gasteiger partial charge in [-0.25, -0.2) is 0 Å². The number of fused-ring (bicyclic) bond motifs is 1. The normalized spacial score (nSPS) is 22.1. The predicted octanol–water partition coefficient (Wildman–Crippen LogP) is 2.37. The molecule has 0 atom stereocenters. The molecule has 0 bridgehead atoms. The summed E-state index contributed by atoms with van der Waals surface area (Å²) in [7, 11) is 0. The second-order valence-electron chi connectivity index (χ2n) is 4.58. The molecule has 1 saturated carbocycles. The molecule has 2 aliphatic rings. The van der Waals surface area contributed by atoms with Crippen LogP contribution in [0.15, 0.2) is 23.1 Å². The van der Waals surface area contributed by atoms with Gasteiger partial charge in [0.2, 0.25) is 0 Å². The summed E-state index contributed by atoms with van der Waals surface area (Å²) in [4.78, 5) is 1.48. The van der Waals surface area contributed by atoms with E-state index >= 15 is 0 Å². The van der Waals surface area contributed by atoms with E-state index in [-0.39, 0.29) is 5.54 Å². The Morgan fingerprint density at radius 3 is 3.00 bits per heavy atom. The summed E-state index contributed by atoms with van der Waals surface area (Å²) in [6, 6.07) is 6.89. The van der Waals surface area contributed by atoms with Gasteiger partial charge in [0.05, 0.1) is 0 Å². The van der Waals surface area contributed by atoms with Crippen molar-refractivity contribution in [1.82, 2.24) is 0 Å². The van der Waals surface area contributed by atoms with E-state index in [0.29, 0.717) is 0 Å². The zero-order chi connectivity index (χ0) is 9.60. The average Bonchev–Trinajstić information content (AvgIpc) is 2.73. The van der Waals surface area contributed by atoms with Gasteiger partial charge in [-0.2, -0.15) is 0 Å². The highest BCUT2D eigenvalue weighted by atomic mass is 32.2. The van der Waals surface area contributed by atoms with Crippen LogP contribution in [-0.4, -0.2) is 11.3 Å². The monoisotopic (exact) mass is 205 g/mol. The van der Waals surface area contributed by atoms with Crippen LogP contribution in [0.2, 0.25) is 0 Å². The van der Waals surface area contributed by atoms with E-state index in [2.05, 4.69) is 18.2 Å². The maximum atomic E-state index is 6.12. The quantitative estimate of drug-likeness (QED) is 0.802. The molecule has 2 heteroatoms. The highest BCUT2D eigenvalue weighted by Crippen LogP contribution is 2.37. The summed E-state index contributed by atoms with van der Waals surface area (Å²) in [5, 5.41) is 0. The predicted molar refractivity (Wildman–Crippen MR) is 60.7 cm³/mol. The van der Waals surface area contributed by atoms with Gasteiger partial charge in [0.25, 0.3) is 0 Å². The summed E-state index contributed by atoms with van der Waals surface area (Å²) in [6.07, 6.45) is 4.73. The molecule has 1 aliphatic carbocycles. The van der Waals surface area contributed by atoms with Gasteiger partial charge < -0.3 is 5.73 Å². The lowest BCUT2D eigenvalue weighted by molar-refractivity contribution is 0.671. The highest BCUT2D eigenvalue weighted by Gasteiger charge is 2.38. The van der Waals surface area contributed by atoms with Crippen molar-refractivity contribution < 1.29 is 0 Å². The van der Waals surface area contributed by atoms with Crippen LogP contribution in [-0.2, 0) is 12.8 Å². The first kappa shape index (κ1) is 8.81. The van der Waals surface area contributed by atoms with Gasteiger partial charge in [-0.05, 0) is 42.9 Å². The standard InChI is InChI=1S/C12H15NS/c13-12(4-5-12)8-9-1-2-11-10(7-9)3-6-14-11/h1-2,7H,3-6,8,13H2. The minimum absolute atomic E-state index is 0.153. The maximum Gasteiger partial charge on any atom is 0.0196 e. The molecule has 1 aromatic carbocycles. The third-order valence-corrected chi connectivity index (χ3v) is 4.32. The van der Waals surface area contributed by atoms with Crippen molar-refractivity contribution in [1.29, 1.82) is 0 Å². The van der Waals surface area contributed by atoms with Crippen molar-refractivity contribution in [3.05, 3.63) is 29.3 Å². The molecule has 3 rings (SSSR count). The molecular formula is C12H15NS. The fourth-order valence-corrected chi connectivity index (χ4v) is 3.15. The molecule has 0 radical (unpaired) electrons. The largest absolute Gasteiger partial charge is 0.325 e. The topological polar surface area (TPSA) is 26.0 Å². The van der Waals surface area contributed by atoms with Crippen molar-refractivity contribution >= 4 is 11.8 Å². The van der Waals surface area contributed by atoms with E-state index in [1.807, 2.05) is 11.8 Å². The first-order valence-corrected chi connectivity index (χ1v) is 6.27. The lowest BCUT2D eigenvalue weighted by atomic mass is 10.0. The summed E-state index contributed by atoms with van der Waals surface area (Å²) in [6.45, 7) is 0. The second kappa shape index (κ2) is 3.01. The van der Waals surface area contributed by atoms with Gasteiger partial charge in [-0.1, -0.05) is 12.1 Å². The zero-order valence-corrected chi connectivity index (χ0v) is 9.07. The van der Waals surface area contributed by atoms with E-state index in [0.717, 1.165) is 6.42 Å². The van der Waals surface area contributed by atoms with E-state index in [1.165, 1.54) is 41.0 Å². The third-order valence-electron chi connectivity index (χ3n) is 3.20. The third kappa shape index (κ3) is 1.57. The summed E-state index contributed by atoms with van der Waals surface area (Å²) < 4.78 is 0. The van der Waals surface area contributed by atoms with Crippen LogP contribution in [0.3, 0.4) is 0 Å². The number of thioether (sulfide) groups is 1. The molecule has 14 heavy (non-hydrogen) atoms. The van der Waals surface area contributed by atoms with Gasteiger partial charge >= 0.3 is 0 Å². The minimum Gasteiger partial charge on any atom is -0.325 e. The summed E-state index contributed by atoms with van der Waals surface area (Å²) in [5.74, 6) is 1.26. The maximum absolute atomic E-state index is 6.12. The molecule has 0 saturated heterocycles. The van der Waals surface area contributed by atoms with Crippen LogP contribution < -0.4 is 5.73 Å². The van der Waals surface area contributed by atoms with E-state index in [1.54, 1.807) is 0 Å². The van der Waals surface area contributed by atoms with Crippen molar-refractivity contribution in [3.8, 4) is 0 Å². The number of rotatable bonds is 2. The van der Waals surface area contributed by atoms with E-state index in [9.17, 15) is 0 Å². The van der Waals surface area contributed by atoms with Crippen LogP contribution in [0, 0.1) is 0 Å². The number of benzene rings is 1. The smallest absolute Gasteiger partial charge is 0.0196 e. The minimum atomic E-state index is 0.153. The number of aryl methyl sites for hydroxylation is 1. The van der Waals surface area contributed by atoms with Crippen LogP contribution in [0.25, 0.3) is 0 Å². The van der Waals surface area contributed by atoms with Crippen LogP contribution in [0.4, 0.5) is 0 Å². The lowest BCUT2D eigenvalue weighted by Crippen LogP contribution is -2.24. The zero-order valence-electron chi connectivity index (χ0n) is 8.25. The number of hydrogen-bond acceptors (Lipinski definition) is 2. The van der Waals surface area contributed by atoms with Crippen LogP contribution in [0.1, 0.15) is 24.0 Å². The molecule has 0 amide bonds. The van der Waals surface area contributed by atoms with Crippen molar-refractivity contribution in [2.24, 2.45) is 5.73 Å². The SMILES string of the molecule is NC1(Cc2ccc3c(c2)CCS3)CC1. The van der Waals surface area contributed by atoms with Crippen molar-refractivity contribution in [2.75, 3.05) is 5.75 Å². The number of nitrogens with two attached hydrogens (primary N) is 1. The van der Waals surface area contributed by atoms with Gasteiger partial charge in [-0.15, -0.1) is 11.8 Å². The molecule has 1 nitrogen and oxygen atoms in total. The molecule has 1 aliphatic heterocycles. The number of hydrogen-bond donors (Lipinski definition) is 1. The van der Waals surface area contributed by atoms with Gasteiger partial charge in [0.15, 0.2) is 0 Å². The molecule has 1 heterocycles. The Morgan fingerprint density at radius 1 is 1.36 bits per heavy atom. The fraction of sp³-hybridized carbons (Fsp3) is 0.500. The van der Waals surface area contributed by atoms with Gasteiger partial charge in [0, 0.05) is 16.2 Å². The second-order valence-corrected chi connectivity index (χ2v) is 5.72. The Hall–Kier alpha value is -0.470. The highest BCUT2D eigenvalue weighted by molar-refractivity contribution is 7.99. The summed E-state index contributed by atoms with van der Waals surface area (Å²) in [5.41, 5.74) is 9.25.